The van der Waals surface area contributed by atoms with Crippen LogP contribution in [0.3, 0.4) is 0 Å². The van der Waals surface area contributed by atoms with Crippen molar-refractivity contribution in [2.24, 2.45) is 0 Å². The Morgan fingerprint density at radius 2 is 0.604 bits per heavy atom. The van der Waals surface area contributed by atoms with E-state index < -0.39 is 0 Å². The summed E-state index contributed by atoms with van der Waals surface area (Å²) < 4.78 is 12.5. The third-order valence-electron chi connectivity index (χ3n) is 9.60. The van der Waals surface area contributed by atoms with E-state index in [9.17, 15) is 0 Å². The van der Waals surface area contributed by atoms with Gasteiger partial charge in [-0.05, 0) is 0 Å². The maximum atomic E-state index is 6.94. The molecule has 0 saturated carbocycles. The Bertz CT molecular complexity index is 2720. The average molecular weight is 809 g/mol. The second-order valence-electron chi connectivity index (χ2n) is 12.9. The van der Waals surface area contributed by atoms with Crippen LogP contribution in [0.4, 0.5) is 0 Å². The number of hydrogen-bond donors (Lipinski definition) is 0. The summed E-state index contributed by atoms with van der Waals surface area (Å²) in [5.74, 6) is 0. The van der Waals surface area contributed by atoms with Crippen LogP contribution >= 0.6 is 0 Å². The van der Waals surface area contributed by atoms with Crippen LogP contribution in [0, 0.1) is 0 Å². The zero-order valence-corrected chi connectivity index (χ0v) is 31.9. The normalized spacial score (nSPS) is 12.0. The molecule has 5 heteroatoms. The van der Waals surface area contributed by atoms with Crippen molar-refractivity contribution in [3.05, 3.63) is 181 Å². The third-order valence-corrected chi connectivity index (χ3v) is 15.0. The number of hydrogen-bond acceptors (Lipinski definition) is 3. The summed E-state index contributed by atoms with van der Waals surface area (Å²) in [6, 6.07) is 55.9. The van der Waals surface area contributed by atoms with Gasteiger partial charge in [-0.1, -0.05) is 0 Å². The second-order valence-corrected chi connectivity index (χ2v) is 17.4. The SMILES string of the molecule is C1=Cc2nc1c(-c1ccccc1)c1ccc(o1)c(-c1ccccc1)c1nc(c(-c3ccccc3)c3ccc([se]3)c3ccc([se]3)c2-c2ccccc2)C=C1. The molecular weight excluding hydrogens is 778 g/mol. The zero-order chi connectivity index (χ0) is 35.1. The van der Waals surface area contributed by atoms with Gasteiger partial charge in [0.1, 0.15) is 0 Å². The Hall–Kier alpha value is -5.80. The quantitative estimate of drug-likeness (QED) is 0.166. The predicted molar refractivity (Wildman–Crippen MR) is 224 cm³/mol. The van der Waals surface area contributed by atoms with Crippen molar-refractivity contribution in [1.82, 2.24) is 9.97 Å². The molecule has 0 unspecified atom stereocenters. The van der Waals surface area contributed by atoms with E-state index in [0.29, 0.717) is 0 Å². The van der Waals surface area contributed by atoms with E-state index in [1.54, 1.807) is 0 Å². The minimum atomic E-state index is 0.115. The fourth-order valence-corrected chi connectivity index (χ4v) is 12.3. The number of furan rings is 1. The number of nitrogens with zero attached hydrogens (tertiary/aromatic N) is 2. The van der Waals surface area contributed by atoms with Gasteiger partial charge in [-0.15, -0.1) is 0 Å². The minimum absolute atomic E-state index is 0.115. The summed E-state index contributed by atoms with van der Waals surface area (Å²) in [7, 11) is 0. The molecule has 4 aromatic carbocycles. The molecule has 53 heavy (non-hydrogen) atoms. The molecule has 4 aromatic heterocycles. The molecule has 2 aliphatic heterocycles. The molecule has 0 spiro atoms. The molecule has 0 saturated heterocycles. The molecule has 0 fully saturated rings. The summed E-state index contributed by atoms with van der Waals surface area (Å²) >= 11 is 0.230. The zero-order valence-electron chi connectivity index (χ0n) is 28.4. The summed E-state index contributed by atoms with van der Waals surface area (Å²) in [6.45, 7) is 0. The first kappa shape index (κ1) is 31.9. The van der Waals surface area contributed by atoms with Crippen LogP contribution in [0.1, 0.15) is 22.8 Å². The number of benzene rings is 4. The molecule has 2 aliphatic rings. The van der Waals surface area contributed by atoms with Gasteiger partial charge in [-0.25, -0.2) is 0 Å². The van der Waals surface area contributed by atoms with Gasteiger partial charge in [0.15, 0.2) is 0 Å². The molecule has 0 N–H and O–H groups in total. The molecule has 0 amide bonds. The van der Waals surface area contributed by atoms with Gasteiger partial charge in [0, 0.05) is 0 Å². The first-order valence-corrected chi connectivity index (χ1v) is 21.0. The van der Waals surface area contributed by atoms with Crippen LogP contribution in [0.5, 0.6) is 0 Å². The molecule has 0 radical (unpaired) electrons. The summed E-state index contributed by atoms with van der Waals surface area (Å²) in [4.78, 5) is 10.8. The molecule has 6 heterocycles. The monoisotopic (exact) mass is 810 g/mol. The summed E-state index contributed by atoms with van der Waals surface area (Å²) in [6.07, 6.45) is 8.64. The number of rotatable bonds is 4. The fourth-order valence-electron chi connectivity index (χ4n) is 7.18. The topological polar surface area (TPSA) is 38.9 Å². The molecule has 0 atom stereocenters. The van der Waals surface area contributed by atoms with E-state index in [0.717, 1.165) is 56.2 Å². The Morgan fingerprint density at radius 3 is 0.962 bits per heavy atom. The molecule has 10 rings (SSSR count). The Labute approximate surface area is 319 Å². The van der Waals surface area contributed by atoms with Crippen molar-refractivity contribution >= 4 is 81.5 Å². The number of fused-ring (bicyclic) bond motifs is 11. The maximum absolute atomic E-state index is 6.94. The van der Waals surface area contributed by atoms with E-state index >= 15 is 0 Å². The van der Waals surface area contributed by atoms with Crippen LogP contribution in [0.15, 0.2) is 162 Å². The van der Waals surface area contributed by atoms with Crippen molar-refractivity contribution in [1.29, 1.82) is 0 Å². The van der Waals surface area contributed by atoms with Crippen LogP contribution in [0.2, 0.25) is 0 Å². The van der Waals surface area contributed by atoms with Crippen molar-refractivity contribution < 1.29 is 4.42 Å². The van der Waals surface area contributed by atoms with Crippen LogP contribution in [0.25, 0.3) is 97.0 Å². The van der Waals surface area contributed by atoms with E-state index in [1.165, 1.54) is 39.3 Å². The molecule has 8 aromatic rings. The van der Waals surface area contributed by atoms with E-state index in [-0.39, 0.29) is 29.0 Å². The van der Waals surface area contributed by atoms with Crippen molar-refractivity contribution in [2.75, 3.05) is 0 Å². The van der Waals surface area contributed by atoms with Crippen LogP contribution in [-0.4, -0.2) is 39.0 Å². The molecule has 3 nitrogen and oxygen atoms in total. The Balaban J connectivity index is 1.39. The van der Waals surface area contributed by atoms with Gasteiger partial charge >= 0.3 is 321 Å². The summed E-state index contributed by atoms with van der Waals surface area (Å²) in [5.41, 5.74) is 14.0. The van der Waals surface area contributed by atoms with Crippen molar-refractivity contribution in [3.8, 4) is 44.5 Å². The van der Waals surface area contributed by atoms with E-state index in [2.05, 4.69) is 170 Å². The Kier molecular flexibility index (Phi) is 8.21. The van der Waals surface area contributed by atoms with Gasteiger partial charge in [-0.3, -0.25) is 0 Å². The van der Waals surface area contributed by atoms with Gasteiger partial charge in [0.2, 0.25) is 0 Å². The molecule has 0 aliphatic carbocycles. The van der Waals surface area contributed by atoms with E-state index in [1.807, 2.05) is 12.1 Å². The van der Waals surface area contributed by atoms with Crippen LogP contribution in [-0.2, 0) is 0 Å². The molecular formula is C48H30N2OSe2. The van der Waals surface area contributed by atoms with Crippen LogP contribution < -0.4 is 0 Å². The average Bonchev–Trinajstić information content (AvgIpc) is 4.07. The third kappa shape index (κ3) is 5.95. The Morgan fingerprint density at radius 1 is 0.302 bits per heavy atom. The second kappa shape index (κ2) is 13.6. The van der Waals surface area contributed by atoms with Crippen molar-refractivity contribution in [3.63, 3.8) is 0 Å². The fraction of sp³-hybridized carbons (Fsp3) is 0. The molecule has 10 bridgehead atoms. The standard InChI is InChI=1S/C48H30N2OSe2/c1-5-13-31(14-6-1)45-35-21-23-37(49-35)47(33-17-9-3-10-18-33)43-29-27-41(52-43)42-28-30-44(53-42)48(34-19-11-4-12-20-34)38-24-22-36(50-38)46(32-15-7-2-8-16-32)40-26-25-39(45)51-40/h1-30H. The number of aromatic nitrogens is 2. The predicted octanol–water partition coefficient (Wildman–Crippen LogP) is 12.1. The van der Waals surface area contributed by atoms with Gasteiger partial charge in [0.05, 0.1) is 0 Å². The first-order chi connectivity index (χ1) is 26.3. The van der Waals surface area contributed by atoms with Gasteiger partial charge in [0.25, 0.3) is 0 Å². The first-order valence-electron chi connectivity index (χ1n) is 17.6. The van der Waals surface area contributed by atoms with Crippen molar-refractivity contribution in [2.45, 2.75) is 0 Å². The summed E-state index contributed by atoms with van der Waals surface area (Å²) in [5, 5.41) is 0. The van der Waals surface area contributed by atoms with Gasteiger partial charge in [-0.2, -0.15) is 0 Å². The molecule has 250 valence electrons. The van der Waals surface area contributed by atoms with Gasteiger partial charge < -0.3 is 0 Å². The van der Waals surface area contributed by atoms with E-state index in [4.69, 9.17) is 14.4 Å².